The molecule has 0 bridgehead atoms. The van der Waals surface area contributed by atoms with Crippen LogP contribution in [0.5, 0.6) is 0 Å². The molecule has 0 aliphatic rings. The Morgan fingerprint density at radius 3 is 2.31 bits per heavy atom. The fourth-order valence-electron chi connectivity index (χ4n) is 1.48. The van der Waals surface area contributed by atoms with Crippen LogP contribution in [0.1, 0.15) is 31.9 Å². The van der Waals surface area contributed by atoms with Crippen LogP contribution in [0, 0.1) is 12.9 Å². The number of pyridine rings is 1. The summed E-state index contributed by atoms with van der Waals surface area (Å²) in [5.41, 5.74) is 1.55. The summed E-state index contributed by atoms with van der Waals surface area (Å²) in [6.45, 7) is 7.92. The van der Waals surface area contributed by atoms with Crippen molar-refractivity contribution in [2.24, 2.45) is 0 Å². The van der Waals surface area contributed by atoms with Crippen molar-refractivity contribution in [3.8, 4) is 0 Å². The van der Waals surface area contributed by atoms with E-state index in [2.05, 4.69) is 41.7 Å². The van der Waals surface area contributed by atoms with Crippen molar-refractivity contribution in [3.63, 3.8) is 0 Å². The minimum Gasteiger partial charge on any atom is -0.227 e. The Bertz CT molecular complexity index is 328. The average Bonchev–Trinajstić information content (AvgIpc) is 1.95. The molecule has 72 valence electrons. The Hall–Kier alpha value is -0.440. The lowest BCUT2D eigenvalue weighted by atomic mass is 9.85. The third kappa shape index (κ3) is 2.08. The average molecular weight is 246 g/mol. The molecular weight excluding hydrogens is 233 g/mol. The standard InChI is InChI=1S/C10H13BrFN/c1-6-8(10(2,3)4)7(11)5-13-9(6)12/h5H,1-4H3. The van der Waals surface area contributed by atoms with Crippen LogP contribution in [0.3, 0.4) is 0 Å². The van der Waals surface area contributed by atoms with Crippen molar-refractivity contribution in [1.29, 1.82) is 0 Å². The zero-order valence-corrected chi connectivity index (χ0v) is 9.87. The first-order valence-corrected chi connectivity index (χ1v) is 4.94. The molecule has 0 saturated heterocycles. The first-order chi connectivity index (χ1) is 5.84. The molecule has 1 nitrogen and oxygen atoms in total. The number of halogens is 2. The summed E-state index contributed by atoms with van der Waals surface area (Å²) in [6, 6.07) is 0. The van der Waals surface area contributed by atoms with Crippen LogP contribution in [0.25, 0.3) is 0 Å². The maximum atomic E-state index is 13.2. The van der Waals surface area contributed by atoms with Crippen LogP contribution in [0.15, 0.2) is 10.7 Å². The molecule has 0 aliphatic heterocycles. The van der Waals surface area contributed by atoms with E-state index in [4.69, 9.17) is 0 Å². The van der Waals surface area contributed by atoms with E-state index in [-0.39, 0.29) is 11.4 Å². The lowest BCUT2D eigenvalue weighted by Gasteiger charge is -2.22. The number of hydrogen-bond acceptors (Lipinski definition) is 1. The van der Waals surface area contributed by atoms with Gasteiger partial charge in [0.05, 0.1) is 0 Å². The molecule has 0 atom stereocenters. The van der Waals surface area contributed by atoms with Gasteiger partial charge in [0.2, 0.25) is 5.95 Å². The van der Waals surface area contributed by atoms with Crippen molar-refractivity contribution in [2.45, 2.75) is 33.1 Å². The molecular formula is C10H13BrFN. The number of hydrogen-bond donors (Lipinski definition) is 0. The SMILES string of the molecule is Cc1c(F)ncc(Br)c1C(C)(C)C. The third-order valence-corrected chi connectivity index (χ3v) is 2.57. The maximum absolute atomic E-state index is 13.2. The maximum Gasteiger partial charge on any atom is 0.216 e. The molecule has 0 amide bonds. The Labute approximate surface area is 86.5 Å². The summed E-state index contributed by atoms with van der Waals surface area (Å²) in [5, 5.41) is 0. The van der Waals surface area contributed by atoms with E-state index in [9.17, 15) is 4.39 Å². The van der Waals surface area contributed by atoms with Crippen molar-refractivity contribution >= 4 is 15.9 Å². The highest BCUT2D eigenvalue weighted by Crippen LogP contribution is 2.32. The molecule has 0 saturated carbocycles. The first-order valence-electron chi connectivity index (χ1n) is 4.15. The molecule has 1 aromatic heterocycles. The Morgan fingerprint density at radius 1 is 1.38 bits per heavy atom. The van der Waals surface area contributed by atoms with Gasteiger partial charge in [-0.2, -0.15) is 4.39 Å². The lowest BCUT2D eigenvalue weighted by molar-refractivity contribution is 0.537. The molecule has 0 N–H and O–H groups in total. The van der Waals surface area contributed by atoms with Gasteiger partial charge in [0.15, 0.2) is 0 Å². The molecule has 13 heavy (non-hydrogen) atoms. The van der Waals surface area contributed by atoms with Crippen LogP contribution in [0.2, 0.25) is 0 Å². The van der Waals surface area contributed by atoms with Gasteiger partial charge >= 0.3 is 0 Å². The molecule has 0 spiro atoms. The van der Waals surface area contributed by atoms with Gasteiger partial charge in [0, 0.05) is 16.2 Å². The van der Waals surface area contributed by atoms with Crippen LogP contribution in [0.4, 0.5) is 4.39 Å². The molecule has 0 aliphatic carbocycles. The Morgan fingerprint density at radius 2 is 1.92 bits per heavy atom. The van der Waals surface area contributed by atoms with Crippen LogP contribution < -0.4 is 0 Å². The van der Waals surface area contributed by atoms with Gasteiger partial charge in [-0.05, 0) is 33.8 Å². The quantitative estimate of drug-likeness (QED) is 0.637. The zero-order chi connectivity index (χ0) is 10.2. The summed E-state index contributed by atoms with van der Waals surface area (Å²) >= 11 is 3.39. The van der Waals surface area contributed by atoms with Crippen LogP contribution in [-0.2, 0) is 5.41 Å². The molecule has 1 rings (SSSR count). The largest absolute Gasteiger partial charge is 0.227 e. The molecule has 1 aromatic rings. The van der Waals surface area contributed by atoms with E-state index in [0.29, 0.717) is 5.56 Å². The predicted molar refractivity (Wildman–Crippen MR) is 55.3 cm³/mol. The second kappa shape index (κ2) is 3.37. The molecule has 0 radical (unpaired) electrons. The van der Waals surface area contributed by atoms with Gasteiger partial charge in [0.1, 0.15) is 0 Å². The van der Waals surface area contributed by atoms with E-state index in [0.717, 1.165) is 10.0 Å². The van der Waals surface area contributed by atoms with Gasteiger partial charge < -0.3 is 0 Å². The number of nitrogens with zero attached hydrogens (tertiary/aromatic N) is 1. The lowest BCUT2D eigenvalue weighted by Crippen LogP contribution is -2.15. The van der Waals surface area contributed by atoms with Gasteiger partial charge in [-0.3, -0.25) is 0 Å². The number of aromatic nitrogens is 1. The fourth-order valence-corrected chi connectivity index (χ4v) is 2.47. The van der Waals surface area contributed by atoms with E-state index in [1.807, 2.05) is 0 Å². The van der Waals surface area contributed by atoms with E-state index < -0.39 is 0 Å². The highest BCUT2D eigenvalue weighted by Gasteiger charge is 2.21. The van der Waals surface area contributed by atoms with Crippen LogP contribution in [-0.4, -0.2) is 4.98 Å². The highest BCUT2D eigenvalue weighted by molar-refractivity contribution is 9.10. The Kier molecular flexibility index (Phi) is 2.76. The van der Waals surface area contributed by atoms with Gasteiger partial charge in [-0.25, -0.2) is 4.98 Å². The van der Waals surface area contributed by atoms with Crippen molar-refractivity contribution in [3.05, 3.63) is 27.7 Å². The monoisotopic (exact) mass is 245 g/mol. The third-order valence-electron chi connectivity index (χ3n) is 1.96. The summed E-state index contributed by atoms with van der Waals surface area (Å²) in [7, 11) is 0. The van der Waals surface area contributed by atoms with Crippen molar-refractivity contribution < 1.29 is 4.39 Å². The predicted octanol–water partition coefficient (Wildman–Crippen LogP) is 3.59. The highest BCUT2D eigenvalue weighted by atomic mass is 79.9. The van der Waals surface area contributed by atoms with Gasteiger partial charge in [-0.1, -0.05) is 20.8 Å². The minimum atomic E-state index is -0.381. The summed E-state index contributed by atoms with van der Waals surface area (Å²) in [6.07, 6.45) is 1.52. The van der Waals surface area contributed by atoms with E-state index >= 15 is 0 Å². The van der Waals surface area contributed by atoms with Gasteiger partial charge in [0.25, 0.3) is 0 Å². The van der Waals surface area contributed by atoms with Crippen molar-refractivity contribution in [1.82, 2.24) is 4.98 Å². The second-order valence-electron chi connectivity index (χ2n) is 4.15. The first kappa shape index (κ1) is 10.6. The second-order valence-corrected chi connectivity index (χ2v) is 5.00. The normalized spacial score (nSPS) is 11.8. The molecule has 0 unspecified atom stereocenters. The van der Waals surface area contributed by atoms with E-state index in [1.165, 1.54) is 6.20 Å². The minimum absolute atomic E-state index is 0.0628. The fraction of sp³-hybridized carbons (Fsp3) is 0.500. The summed E-state index contributed by atoms with van der Waals surface area (Å²) < 4.78 is 14.0. The summed E-state index contributed by atoms with van der Waals surface area (Å²) in [4.78, 5) is 3.64. The van der Waals surface area contributed by atoms with Crippen molar-refractivity contribution in [2.75, 3.05) is 0 Å². The smallest absolute Gasteiger partial charge is 0.216 e. The topological polar surface area (TPSA) is 12.9 Å². The summed E-state index contributed by atoms with van der Waals surface area (Å²) in [5.74, 6) is -0.381. The number of rotatable bonds is 0. The molecule has 0 aromatic carbocycles. The van der Waals surface area contributed by atoms with E-state index in [1.54, 1.807) is 6.92 Å². The van der Waals surface area contributed by atoms with Crippen LogP contribution >= 0.6 is 15.9 Å². The molecule has 3 heteroatoms. The molecule has 1 heterocycles. The zero-order valence-electron chi connectivity index (χ0n) is 8.28. The van der Waals surface area contributed by atoms with Gasteiger partial charge in [-0.15, -0.1) is 0 Å². The molecule has 0 fully saturated rings. The Balaban J connectivity index is 3.43.